The van der Waals surface area contributed by atoms with Gasteiger partial charge in [0, 0.05) is 61.6 Å². The number of morpholine rings is 1. The smallest absolute Gasteiger partial charge is 0.323 e. The quantitative estimate of drug-likeness (QED) is 0.401. The van der Waals surface area contributed by atoms with Crippen LogP contribution in [0.2, 0.25) is 0 Å². The van der Waals surface area contributed by atoms with Crippen molar-refractivity contribution in [1.82, 2.24) is 14.8 Å². The Hall–Kier alpha value is -4.44. The Morgan fingerprint density at radius 2 is 1.89 bits per heavy atom. The third-order valence-electron chi connectivity index (χ3n) is 5.64. The molecule has 9 nitrogen and oxygen atoms in total. The largest absolute Gasteiger partial charge is 0.457 e. The predicted octanol–water partition coefficient (Wildman–Crippen LogP) is 4.89. The molecule has 5 rings (SSSR count). The van der Waals surface area contributed by atoms with Crippen LogP contribution in [0.4, 0.5) is 26.2 Å². The fourth-order valence-corrected chi connectivity index (χ4v) is 3.87. The lowest BCUT2D eigenvalue weighted by Crippen LogP contribution is -2.36. The van der Waals surface area contributed by atoms with Gasteiger partial charge >= 0.3 is 6.03 Å². The van der Waals surface area contributed by atoms with E-state index in [4.69, 9.17) is 9.47 Å². The van der Waals surface area contributed by atoms with Crippen LogP contribution in [0, 0.1) is 5.82 Å². The minimum Gasteiger partial charge on any atom is -0.457 e. The fraction of sp³-hybridized carbons (Fsp3) is 0.192. The lowest BCUT2D eigenvalue weighted by molar-refractivity contribution is 0.122. The van der Waals surface area contributed by atoms with Crippen molar-refractivity contribution in [2.45, 2.75) is 0 Å². The number of urea groups is 1. The maximum absolute atomic E-state index is 14.7. The Labute approximate surface area is 207 Å². The molecule has 0 bridgehead atoms. The predicted molar refractivity (Wildman–Crippen MR) is 135 cm³/mol. The average molecular weight is 489 g/mol. The molecule has 10 heteroatoms. The number of rotatable bonds is 6. The van der Waals surface area contributed by atoms with Crippen molar-refractivity contribution in [3.05, 3.63) is 79.0 Å². The van der Waals surface area contributed by atoms with Crippen LogP contribution >= 0.6 is 0 Å². The van der Waals surface area contributed by atoms with Gasteiger partial charge < -0.3 is 25.0 Å². The second-order valence-electron chi connectivity index (χ2n) is 8.25. The molecule has 2 aromatic heterocycles. The maximum Gasteiger partial charge on any atom is 0.323 e. The number of aryl methyl sites for hydroxylation is 1. The Morgan fingerprint density at radius 3 is 2.67 bits per heavy atom. The summed E-state index contributed by atoms with van der Waals surface area (Å²) < 4.78 is 27.6. The van der Waals surface area contributed by atoms with E-state index in [1.54, 1.807) is 41.3 Å². The first-order chi connectivity index (χ1) is 17.5. The summed E-state index contributed by atoms with van der Waals surface area (Å²) in [6.45, 7) is 2.92. The van der Waals surface area contributed by atoms with Gasteiger partial charge in [-0.2, -0.15) is 5.10 Å². The average Bonchev–Trinajstić information content (AvgIpc) is 3.33. The van der Waals surface area contributed by atoms with E-state index >= 15 is 0 Å². The van der Waals surface area contributed by atoms with Gasteiger partial charge in [0.15, 0.2) is 0 Å². The van der Waals surface area contributed by atoms with Gasteiger partial charge in [-0.1, -0.05) is 6.07 Å². The van der Waals surface area contributed by atoms with Crippen LogP contribution < -0.4 is 20.3 Å². The molecular weight excluding hydrogens is 463 g/mol. The molecule has 1 fully saturated rings. The van der Waals surface area contributed by atoms with Crippen molar-refractivity contribution in [2.75, 3.05) is 41.8 Å². The van der Waals surface area contributed by atoms with Gasteiger partial charge in [0.05, 0.1) is 30.8 Å². The summed E-state index contributed by atoms with van der Waals surface area (Å²) in [7, 11) is 1.82. The number of benzene rings is 2. The molecule has 3 heterocycles. The first-order valence-electron chi connectivity index (χ1n) is 11.5. The van der Waals surface area contributed by atoms with Crippen LogP contribution in [0.3, 0.4) is 0 Å². The molecule has 0 saturated carbocycles. The first kappa shape index (κ1) is 23.3. The maximum atomic E-state index is 14.7. The standard InChI is InChI=1S/C26H25FN6O3/c1-32-17-18(16-29-32)25-15-22(7-8-28-25)36-21-5-6-24(23(27)14-21)31-26(34)30-19-3-2-4-20(13-19)33-9-11-35-12-10-33/h2-8,13-17H,9-12H2,1H3,(H2,30,31,34). The highest BCUT2D eigenvalue weighted by Crippen LogP contribution is 2.28. The molecule has 1 aliphatic rings. The molecule has 4 aromatic rings. The monoisotopic (exact) mass is 488 g/mol. The van der Waals surface area contributed by atoms with E-state index in [0.717, 1.165) is 24.3 Å². The summed E-state index contributed by atoms with van der Waals surface area (Å²) in [5.74, 6) is 0.174. The zero-order chi connectivity index (χ0) is 24.9. The van der Waals surface area contributed by atoms with Crippen LogP contribution in [-0.2, 0) is 11.8 Å². The van der Waals surface area contributed by atoms with Crippen molar-refractivity contribution in [3.63, 3.8) is 0 Å². The highest BCUT2D eigenvalue weighted by Gasteiger charge is 2.13. The minimum atomic E-state index is -0.619. The highest BCUT2D eigenvalue weighted by molar-refractivity contribution is 6.00. The fourth-order valence-electron chi connectivity index (χ4n) is 3.87. The van der Waals surface area contributed by atoms with E-state index in [-0.39, 0.29) is 5.69 Å². The van der Waals surface area contributed by atoms with Crippen LogP contribution in [0.1, 0.15) is 0 Å². The van der Waals surface area contributed by atoms with E-state index in [1.165, 1.54) is 12.1 Å². The topological polar surface area (TPSA) is 93.5 Å². The summed E-state index contributed by atoms with van der Waals surface area (Å²) in [4.78, 5) is 19.0. The first-order valence-corrected chi connectivity index (χ1v) is 11.5. The molecule has 2 N–H and O–H groups in total. The molecule has 0 aliphatic carbocycles. The van der Waals surface area contributed by atoms with Crippen molar-refractivity contribution in [2.24, 2.45) is 7.05 Å². The number of carbonyl (C=O) groups is 1. The lowest BCUT2D eigenvalue weighted by Gasteiger charge is -2.29. The van der Waals surface area contributed by atoms with Crippen molar-refractivity contribution < 1.29 is 18.7 Å². The number of amides is 2. The number of anilines is 3. The number of nitrogens with zero attached hydrogens (tertiary/aromatic N) is 4. The van der Waals surface area contributed by atoms with Crippen molar-refractivity contribution in [1.29, 1.82) is 0 Å². The van der Waals surface area contributed by atoms with Gasteiger partial charge in [-0.15, -0.1) is 0 Å². The molecule has 0 atom stereocenters. The lowest BCUT2D eigenvalue weighted by atomic mass is 10.2. The zero-order valence-electron chi connectivity index (χ0n) is 19.6. The van der Waals surface area contributed by atoms with Crippen LogP contribution in [0.25, 0.3) is 11.3 Å². The molecule has 184 valence electrons. The number of nitrogens with one attached hydrogen (secondary N) is 2. The number of pyridine rings is 1. The third-order valence-corrected chi connectivity index (χ3v) is 5.64. The van der Waals surface area contributed by atoms with Gasteiger partial charge in [0.1, 0.15) is 17.3 Å². The van der Waals surface area contributed by atoms with Gasteiger partial charge in [-0.25, -0.2) is 9.18 Å². The molecule has 36 heavy (non-hydrogen) atoms. The van der Waals surface area contributed by atoms with E-state index in [9.17, 15) is 9.18 Å². The minimum absolute atomic E-state index is 0.0370. The number of aromatic nitrogens is 3. The Balaban J connectivity index is 1.22. The highest BCUT2D eigenvalue weighted by atomic mass is 19.1. The summed E-state index contributed by atoms with van der Waals surface area (Å²) in [5.41, 5.74) is 3.17. The summed E-state index contributed by atoms with van der Waals surface area (Å²) in [5, 5.41) is 9.45. The number of halogens is 1. The van der Waals surface area contributed by atoms with Crippen molar-refractivity contribution >= 4 is 23.1 Å². The van der Waals surface area contributed by atoms with Crippen LogP contribution in [-0.4, -0.2) is 47.1 Å². The van der Waals surface area contributed by atoms with Gasteiger partial charge in [-0.05, 0) is 36.4 Å². The molecular formula is C26H25FN6O3. The summed E-state index contributed by atoms with van der Waals surface area (Å²) >= 11 is 0. The number of hydrogen-bond donors (Lipinski definition) is 2. The Kier molecular flexibility index (Phi) is 6.76. The normalized spacial score (nSPS) is 13.3. The SMILES string of the molecule is Cn1cc(-c2cc(Oc3ccc(NC(=O)Nc4cccc(N5CCOCC5)c4)c(F)c3)ccn2)cn1. The van der Waals surface area contributed by atoms with E-state index in [0.29, 0.717) is 36.1 Å². The van der Waals surface area contributed by atoms with Crippen molar-refractivity contribution in [3.8, 4) is 22.8 Å². The second-order valence-corrected chi connectivity index (χ2v) is 8.25. The number of hydrogen-bond acceptors (Lipinski definition) is 6. The van der Waals surface area contributed by atoms with Crippen LogP contribution in [0.15, 0.2) is 73.2 Å². The van der Waals surface area contributed by atoms with Gasteiger partial charge in [0.2, 0.25) is 0 Å². The van der Waals surface area contributed by atoms with E-state index in [1.807, 2.05) is 31.4 Å². The molecule has 2 aromatic carbocycles. The third kappa shape index (κ3) is 5.61. The molecule has 0 spiro atoms. The number of ether oxygens (including phenoxy) is 2. The summed E-state index contributed by atoms with van der Waals surface area (Å²) in [6, 6.07) is 14.7. The van der Waals surface area contributed by atoms with Gasteiger partial charge in [0.25, 0.3) is 0 Å². The second kappa shape index (κ2) is 10.4. The molecule has 1 saturated heterocycles. The van der Waals surface area contributed by atoms with Gasteiger partial charge in [-0.3, -0.25) is 9.67 Å². The van der Waals surface area contributed by atoms with E-state index < -0.39 is 11.8 Å². The van der Waals surface area contributed by atoms with Crippen LogP contribution in [0.5, 0.6) is 11.5 Å². The molecule has 0 unspecified atom stereocenters. The zero-order valence-corrected chi connectivity index (χ0v) is 19.6. The molecule has 0 radical (unpaired) electrons. The summed E-state index contributed by atoms with van der Waals surface area (Å²) in [6.07, 6.45) is 5.16. The van der Waals surface area contributed by atoms with E-state index in [2.05, 4.69) is 25.6 Å². The Bertz CT molecular complexity index is 1370. The number of carbonyl (C=O) groups excluding carboxylic acids is 1. The molecule has 2 amide bonds. The molecule has 1 aliphatic heterocycles. The Morgan fingerprint density at radius 1 is 1.06 bits per heavy atom.